The average molecular weight is 294 g/mol. The summed E-state index contributed by atoms with van der Waals surface area (Å²) < 4.78 is 1.66. The predicted octanol–water partition coefficient (Wildman–Crippen LogP) is 3.01. The summed E-state index contributed by atoms with van der Waals surface area (Å²) >= 11 is 11.8. The van der Waals surface area contributed by atoms with Crippen LogP contribution < -0.4 is 5.73 Å². The van der Waals surface area contributed by atoms with Crippen LogP contribution in [-0.4, -0.2) is 19.7 Å². The van der Waals surface area contributed by atoms with Gasteiger partial charge in [0.15, 0.2) is 5.65 Å². The minimum absolute atomic E-state index is 0.0948. The molecule has 2 aromatic heterocycles. The average Bonchev–Trinajstić information content (AvgIpc) is 2.76. The minimum atomic E-state index is 0.0948. The van der Waals surface area contributed by atoms with Crippen molar-refractivity contribution in [2.24, 2.45) is 0 Å². The van der Waals surface area contributed by atoms with Crippen molar-refractivity contribution in [2.75, 3.05) is 5.73 Å². The Balaban J connectivity index is 2.28. The lowest BCUT2D eigenvalue weighted by Crippen LogP contribution is -2.00. The Labute approximate surface area is 119 Å². The number of nitrogen functional groups attached to an aromatic ring is 1. The number of hydrogen-bond acceptors (Lipinski definition) is 4. The Morgan fingerprint density at radius 3 is 2.74 bits per heavy atom. The lowest BCUT2D eigenvalue weighted by Gasteiger charge is -2.05. The van der Waals surface area contributed by atoms with Crippen LogP contribution in [0.25, 0.3) is 16.7 Å². The summed E-state index contributed by atoms with van der Waals surface area (Å²) in [7, 11) is 0. The number of nitrogens with two attached hydrogens (primary N) is 1. The van der Waals surface area contributed by atoms with Gasteiger partial charge in [0, 0.05) is 5.02 Å². The molecule has 0 aliphatic rings. The number of halogens is 2. The topological polar surface area (TPSA) is 69.6 Å². The Hall–Kier alpha value is -1.85. The maximum absolute atomic E-state index is 6.01. The minimum Gasteiger partial charge on any atom is -0.383 e. The molecule has 2 N–H and O–H groups in total. The van der Waals surface area contributed by atoms with Gasteiger partial charge in [-0.2, -0.15) is 10.1 Å². The van der Waals surface area contributed by atoms with Gasteiger partial charge in [-0.1, -0.05) is 11.6 Å². The molecule has 3 rings (SSSR count). The van der Waals surface area contributed by atoms with E-state index in [1.165, 1.54) is 0 Å². The van der Waals surface area contributed by atoms with E-state index in [0.717, 1.165) is 11.3 Å². The first-order valence-corrected chi connectivity index (χ1v) is 6.25. The van der Waals surface area contributed by atoms with Gasteiger partial charge in [0.1, 0.15) is 5.82 Å². The number of anilines is 1. The molecule has 0 fully saturated rings. The molecule has 0 saturated heterocycles. The fraction of sp³-hybridized carbons (Fsp3) is 0.0833. The van der Waals surface area contributed by atoms with Gasteiger partial charge >= 0.3 is 0 Å². The van der Waals surface area contributed by atoms with Crippen LogP contribution in [0.2, 0.25) is 10.3 Å². The molecule has 1 aromatic carbocycles. The van der Waals surface area contributed by atoms with Crippen molar-refractivity contribution in [2.45, 2.75) is 6.92 Å². The van der Waals surface area contributed by atoms with E-state index in [1.54, 1.807) is 10.9 Å². The Bertz CT molecular complexity index is 781. The van der Waals surface area contributed by atoms with Crippen LogP contribution in [0.1, 0.15) is 5.56 Å². The highest BCUT2D eigenvalue weighted by molar-refractivity contribution is 6.31. The maximum atomic E-state index is 6.01. The van der Waals surface area contributed by atoms with Gasteiger partial charge in [-0.15, -0.1) is 0 Å². The molecule has 3 aromatic rings. The summed E-state index contributed by atoms with van der Waals surface area (Å²) in [5.41, 5.74) is 8.15. The normalized spacial score (nSPS) is 11.1. The zero-order chi connectivity index (χ0) is 13.6. The number of fused-ring (bicyclic) bond motifs is 1. The summed E-state index contributed by atoms with van der Waals surface area (Å²) in [5, 5.41) is 5.73. The summed E-state index contributed by atoms with van der Waals surface area (Å²) in [6, 6.07) is 5.58. The summed E-state index contributed by atoms with van der Waals surface area (Å²) in [6.07, 6.45) is 1.62. The fourth-order valence-corrected chi connectivity index (χ4v) is 2.14. The van der Waals surface area contributed by atoms with Crippen molar-refractivity contribution >= 4 is 40.1 Å². The molecule has 0 spiro atoms. The van der Waals surface area contributed by atoms with Crippen molar-refractivity contribution in [1.29, 1.82) is 0 Å². The molecular weight excluding hydrogens is 285 g/mol. The quantitative estimate of drug-likeness (QED) is 0.700. The lowest BCUT2D eigenvalue weighted by molar-refractivity contribution is 0.894. The number of hydrogen-bond donors (Lipinski definition) is 1. The fourth-order valence-electron chi connectivity index (χ4n) is 1.85. The van der Waals surface area contributed by atoms with Gasteiger partial charge in [-0.05, 0) is 42.3 Å². The monoisotopic (exact) mass is 293 g/mol. The number of rotatable bonds is 1. The van der Waals surface area contributed by atoms with Crippen molar-refractivity contribution in [3.63, 3.8) is 0 Å². The number of nitrogens with zero attached hydrogens (tertiary/aromatic N) is 4. The van der Waals surface area contributed by atoms with Gasteiger partial charge in [0.2, 0.25) is 5.28 Å². The third-order valence-electron chi connectivity index (χ3n) is 2.82. The van der Waals surface area contributed by atoms with Crippen LogP contribution in [0.5, 0.6) is 0 Å². The molecule has 0 atom stereocenters. The first-order chi connectivity index (χ1) is 9.06. The molecule has 0 amide bonds. The van der Waals surface area contributed by atoms with Gasteiger partial charge in [0.05, 0.1) is 17.3 Å². The third kappa shape index (κ3) is 2.01. The molecule has 0 aliphatic carbocycles. The molecule has 7 heteroatoms. The van der Waals surface area contributed by atoms with Crippen LogP contribution in [0.3, 0.4) is 0 Å². The van der Waals surface area contributed by atoms with Crippen molar-refractivity contribution in [3.8, 4) is 5.69 Å². The van der Waals surface area contributed by atoms with Crippen molar-refractivity contribution in [1.82, 2.24) is 19.7 Å². The van der Waals surface area contributed by atoms with Gasteiger partial charge in [0.25, 0.3) is 0 Å². The zero-order valence-corrected chi connectivity index (χ0v) is 11.4. The van der Waals surface area contributed by atoms with E-state index < -0.39 is 0 Å². The highest BCUT2D eigenvalue weighted by Crippen LogP contribution is 2.24. The summed E-state index contributed by atoms with van der Waals surface area (Å²) in [6.45, 7) is 1.92. The van der Waals surface area contributed by atoms with E-state index >= 15 is 0 Å². The van der Waals surface area contributed by atoms with Gasteiger partial charge < -0.3 is 5.73 Å². The summed E-state index contributed by atoms with van der Waals surface area (Å²) in [5.74, 6) is 0.312. The van der Waals surface area contributed by atoms with Gasteiger partial charge in [-0.25, -0.2) is 9.67 Å². The number of aromatic nitrogens is 4. The second kappa shape index (κ2) is 4.36. The maximum Gasteiger partial charge on any atom is 0.226 e. The Kier molecular flexibility index (Phi) is 2.80. The van der Waals surface area contributed by atoms with E-state index in [4.69, 9.17) is 28.9 Å². The second-order valence-corrected chi connectivity index (χ2v) is 4.85. The molecule has 19 heavy (non-hydrogen) atoms. The van der Waals surface area contributed by atoms with Crippen LogP contribution in [0.4, 0.5) is 5.82 Å². The smallest absolute Gasteiger partial charge is 0.226 e. The molecule has 5 nitrogen and oxygen atoms in total. The highest BCUT2D eigenvalue weighted by Gasteiger charge is 2.11. The number of benzene rings is 1. The van der Waals surface area contributed by atoms with Crippen molar-refractivity contribution in [3.05, 3.63) is 40.3 Å². The Morgan fingerprint density at radius 2 is 2.00 bits per heavy atom. The summed E-state index contributed by atoms with van der Waals surface area (Å²) in [4.78, 5) is 8.06. The SMILES string of the molecule is Cc1cc(-n2ncc3c(N)nc(Cl)nc32)ccc1Cl. The molecule has 0 unspecified atom stereocenters. The molecule has 0 radical (unpaired) electrons. The van der Waals surface area contributed by atoms with Gasteiger partial charge in [-0.3, -0.25) is 0 Å². The second-order valence-electron chi connectivity index (χ2n) is 4.11. The van der Waals surface area contributed by atoms with Crippen LogP contribution >= 0.6 is 23.2 Å². The number of aryl methyl sites for hydroxylation is 1. The predicted molar refractivity (Wildman–Crippen MR) is 75.8 cm³/mol. The van der Waals surface area contributed by atoms with Crippen LogP contribution in [0.15, 0.2) is 24.4 Å². The Morgan fingerprint density at radius 1 is 1.21 bits per heavy atom. The highest BCUT2D eigenvalue weighted by atomic mass is 35.5. The lowest BCUT2D eigenvalue weighted by atomic mass is 10.2. The van der Waals surface area contributed by atoms with E-state index in [1.807, 2.05) is 25.1 Å². The van der Waals surface area contributed by atoms with E-state index in [0.29, 0.717) is 21.9 Å². The first kappa shape index (κ1) is 12.2. The zero-order valence-electron chi connectivity index (χ0n) is 9.93. The van der Waals surface area contributed by atoms with E-state index in [-0.39, 0.29) is 5.28 Å². The standard InChI is InChI=1S/C12H9Cl2N5/c1-6-4-7(2-3-9(6)13)19-11-8(5-16-19)10(15)17-12(14)18-11/h2-5H,1H3,(H2,15,17,18). The van der Waals surface area contributed by atoms with Crippen LogP contribution in [0, 0.1) is 6.92 Å². The largest absolute Gasteiger partial charge is 0.383 e. The van der Waals surface area contributed by atoms with Crippen molar-refractivity contribution < 1.29 is 0 Å². The molecule has 2 heterocycles. The first-order valence-electron chi connectivity index (χ1n) is 5.49. The molecule has 0 saturated carbocycles. The third-order valence-corrected chi connectivity index (χ3v) is 3.41. The molecule has 0 bridgehead atoms. The molecular formula is C12H9Cl2N5. The van der Waals surface area contributed by atoms with E-state index in [9.17, 15) is 0 Å². The van der Waals surface area contributed by atoms with E-state index in [2.05, 4.69) is 15.1 Å². The molecule has 96 valence electrons. The van der Waals surface area contributed by atoms with Crippen LogP contribution in [-0.2, 0) is 0 Å². The molecule has 0 aliphatic heterocycles.